The average Bonchev–Trinajstić information content (AvgIpc) is 2.91. The van der Waals surface area contributed by atoms with Gasteiger partial charge < -0.3 is 10.1 Å². The molecule has 0 bridgehead atoms. The van der Waals surface area contributed by atoms with Crippen molar-refractivity contribution in [2.24, 2.45) is 0 Å². The monoisotopic (exact) mass is 304 g/mol. The van der Waals surface area contributed by atoms with Crippen molar-refractivity contribution in [3.05, 3.63) is 46.5 Å². The highest BCUT2D eigenvalue weighted by Crippen LogP contribution is 2.16. The number of carbonyl (C=O) groups excluding carboxylic acids is 2. The van der Waals surface area contributed by atoms with Gasteiger partial charge in [0.2, 0.25) is 5.91 Å². The number of thiazole rings is 1. The van der Waals surface area contributed by atoms with Gasteiger partial charge in [-0.15, -0.1) is 11.3 Å². The number of hydrogen-bond acceptors (Lipinski definition) is 5. The number of benzene rings is 1. The number of rotatable bonds is 5. The Kier molecular flexibility index (Phi) is 5.05. The van der Waals surface area contributed by atoms with Gasteiger partial charge in [0.25, 0.3) is 0 Å². The number of nitrogens with one attached hydrogen (secondary N) is 1. The van der Waals surface area contributed by atoms with Crippen LogP contribution in [0.4, 0.5) is 5.13 Å². The van der Waals surface area contributed by atoms with E-state index in [9.17, 15) is 9.59 Å². The lowest BCUT2D eigenvalue weighted by atomic mass is 10.1. The third kappa shape index (κ3) is 4.39. The summed E-state index contributed by atoms with van der Waals surface area (Å²) in [5.74, 6) is -0.560. The highest BCUT2D eigenvalue weighted by Gasteiger charge is 2.09. The van der Waals surface area contributed by atoms with Crippen LogP contribution in [0, 0.1) is 0 Å². The minimum absolute atomic E-state index is 0.0877. The van der Waals surface area contributed by atoms with E-state index in [4.69, 9.17) is 4.74 Å². The molecule has 1 heterocycles. The lowest BCUT2D eigenvalue weighted by molar-refractivity contribution is -0.114. The first kappa shape index (κ1) is 15.2. The summed E-state index contributed by atoms with van der Waals surface area (Å²) in [6.07, 6.45) is 0.931. The van der Waals surface area contributed by atoms with E-state index in [1.807, 2.05) is 12.1 Å². The van der Waals surface area contributed by atoms with Crippen molar-refractivity contribution in [3.8, 4) is 0 Å². The standard InChI is InChI=1S/C15H16N2O3S/c1-3-11-4-6-12(7-5-11)14(19)20-8-13-9-21-15(17-13)16-10(2)18/h4-7,9H,3,8H2,1-2H3,(H,16,17,18). The van der Waals surface area contributed by atoms with Crippen LogP contribution in [0.2, 0.25) is 0 Å². The van der Waals surface area contributed by atoms with Gasteiger partial charge in [0, 0.05) is 12.3 Å². The van der Waals surface area contributed by atoms with E-state index >= 15 is 0 Å². The molecule has 2 aromatic rings. The fourth-order valence-electron chi connectivity index (χ4n) is 1.68. The van der Waals surface area contributed by atoms with Crippen LogP contribution in [0.25, 0.3) is 0 Å². The first-order valence-electron chi connectivity index (χ1n) is 6.56. The Balaban J connectivity index is 1.91. The molecule has 0 unspecified atom stereocenters. The zero-order valence-electron chi connectivity index (χ0n) is 11.9. The van der Waals surface area contributed by atoms with Gasteiger partial charge in [-0.25, -0.2) is 9.78 Å². The van der Waals surface area contributed by atoms with Gasteiger partial charge in [-0.2, -0.15) is 0 Å². The lowest BCUT2D eigenvalue weighted by Crippen LogP contribution is -2.07. The van der Waals surface area contributed by atoms with E-state index < -0.39 is 0 Å². The quantitative estimate of drug-likeness (QED) is 0.862. The zero-order chi connectivity index (χ0) is 15.2. The van der Waals surface area contributed by atoms with Gasteiger partial charge >= 0.3 is 5.97 Å². The van der Waals surface area contributed by atoms with Crippen LogP contribution in [0.1, 0.15) is 35.5 Å². The van der Waals surface area contributed by atoms with Crippen molar-refractivity contribution >= 4 is 28.3 Å². The smallest absolute Gasteiger partial charge is 0.338 e. The molecule has 1 aromatic heterocycles. The molecule has 1 amide bonds. The maximum Gasteiger partial charge on any atom is 0.338 e. The van der Waals surface area contributed by atoms with Crippen molar-refractivity contribution in [1.82, 2.24) is 4.98 Å². The largest absolute Gasteiger partial charge is 0.456 e. The molecule has 0 radical (unpaired) electrons. The minimum Gasteiger partial charge on any atom is -0.456 e. The average molecular weight is 304 g/mol. The van der Waals surface area contributed by atoms with Crippen LogP contribution in [0.3, 0.4) is 0 Å². The molecular formula is C15H16N2O3S. The third-order valence-corrected chi connectivity index (χ3v) is 3.59. The number of amides is 1. The highest BCUT2D eigenvalue weighted by molar-refractivity contribution is 7.13. The topological polar surface area (TPSA) is 68.3 Å². The van der Waals surface area contributed by atoms with Crippen molar-refractivity contribution in [2.45, 2.75) is 26.9 Å². The molecule has 110 valence electrons. The van der Waals surface area contributed by atoms with Crippen LogP contribution < -0.4 is 5.32 Å². The fourth-order valence-corrected chi connectivity index (χ4v) is 2.42. The maximum absolute atomic E-state index is 11.9. The van der Waals surface area contributed by atoms with E-state index in [2.05, 4.69) is 17.2 Å². The van der Waals surface area contributed by atoms with Crippen molar-refractivity contribution in [2.75, 3.05) is 5.32 Å². The molecule has 0 fully saturated rings. The predicted octanol–water partition coefficient (Wildman–Crippen LogP) is 3.02. The zero-order valence-corrected chi connectivity index (χ0v) is 12.7. The van der Waals surface area contributed by atoms with Crippen LogP contribution in [0.5, 0.6) is 0 Å². The molecule has 0 aliphatic rings. The number of ether oxygens (including phenoxy) is 1. The molecule has 0 aliphatic heterocycles. The predicted molar refractivity (Wildman–Crippen MR) is 81.4 cm³/mol. The molecule has 1 N–H and O–H groups in total. The minimum atomic E-state index is -0.383. The van der Waals surface area contributed by atoms with Crippen molar-refractivity contribution in [1.29, 1.82) is 0 Å². The number of anilines is 1. The molecule has 0 atom stereocenters. The summed E-state index contributed by atoms with van der Waals surface area (Å²) in [5, 5.41) is 4.83. The normalized spacial score (nSPS) is 10.2. The number of nitrogens with zero attached hydrogens (tertiary/aromatic N) is 1. The van der Waals surface area contributed by atoms with Crippen molar-refractivity contribution in [3.63, 3.8) is 0 Å². The summed E-state index contributed by atoms with van der Waals surface area (Å²) in [6, 6.07) is 7.33. The van der Waals surface area contributed by atoms with Crippen LogP contribution in [-0.4, -0.2) is 16.9 Å². The second-order valence-corrected chi connectivity index (χ2v) is 5.31. The van der Waals surface area contributed by atoms with Gasteiger partial charge in [0.15, 0.2) is 5.13 Å². The molecule has 0 aliphatic carbocycles. The Morgan fingerprint density at radius 1 is 1.29 bits per heavy atom. The number of carbonyl (C=O) groups is 2. The van der Waals surface area contributed by atoms with Gasteiger partial charge in [-0.3, -0.25) is 4.79 Å². The third-order valence-electron chi connectivity index (χ3n) is 2.78. The first-order valence-corrected chi connectivity index (χ1v) is 7.44. The molecule has 0 saturated carbocycles. The lowest BCUT2D eigenvalue weighted by Gasteiger charge is -2.03. The number of esters is 1. The summed E-state index contributed by atoms with van der Waals surface area (Å²) in [4.78, 5) is 26.9. The van der Waals surface area contributed by atoms with E-state index in [1.54, 1.807) is 17.5 Å². The van der Waals surface area contributed by atoms with E-state index in [0.717, 1.165) is 6.42 Å². The van der Waals surface area contributed by atoms with Gasteiger partial charge in [-0.1, -0.05) is 19.1 Å². The van der Waals surface area contributed by atoms with Crippen LogP contribution in [0.15, 0.2) is 29.6 Å². The van der Waals surface area contributed by atoms with Crippen molar-refractivity contribution < 1.29 is 14.3 Å². The molecule has 1 aromatic carbocycles. The van der Waals surface area contributed by atoms with Crippen LogP contribution >= 0.6 is 11.3 Å². The summed E-state index contributed by atoms with van der Waals surface area (Å²) in [6.45, 7) is 3.56. The Morgan fingerprint density at radius 2 is 2.00 bits per heavy atom. The van der Waals surface area contributed by atoms with E-state index in [1.165, 1.54) is 23.8 Å². The summed E-state index contributed by atoms with van der Waals surface area (Å²) >= 11 is 1.30. The SMILES string of the molecule is CCc1ccc(C(=O)OCc2csc(NC(C)=O)n2)cc1. The summed E-state index contributed by atoms with van der Waals surface area (Å²) in [5.41, 5.74) is 2.30. The van der Waals surface area contributed by atoms with Crippen LogP contribution in [-0.2, 0) is 22.6 Å². The summed E-state index contributed by atoms with van der Waals surface area (Å²) in [7, 11) is 0. The number of aromatic nitrogens is 1. The Labute approximate surface area is 127 Å². The Bertz CT molecular complexity index is 635. The Morgan fingerprint density at radius 3 is 2.62 bits per heavy atom. The Hall–Kier alpha value is -2.21. The number of aryl methyl sites for hydroxylation is 1. The molecule has 2 rings (SSSR count). The molecular weight excluding hydrogens is 288 g/mol. The highest BCUT2D eigenvalue weighted by atomic mass is 32.1. The fraction of sp³-hybridized carbons (Fsp3) is 0.267. The second kappa shape index (κ2) is 6.99. The maximum atomic E-state index is 11.9. The second-order valence-electron chi connectivity index (χ2n) is 4.45. The first-order chi connectivity index (χ1) is 10.1. The number of hydrogen-bond donors (Lipinski definition) is 1. The van der Waals surface area contributed by atoms with Gasteiger partial charge in [0.05, 0.1) is 11.3 Å². The van der Waals surface area contributed by atoms with E-state index in [-0.39, 0.29) is 18.5 Å². The summed E-state index contributed by atoms with van der Waals surface area (Å²) < 4.78 is 5.20. The molecule has 0 saturated heterocycles. The van der Waals surface area contributed by atoms with Gasteiger partial charge in [-0.05, 0) is 24.1 Å². The van der Waals surface area contributed by atoms with Gasteiger partial charge in [0.1, 0.15) is 6.61 Å². The molecule has 0 spiro atoms. The van der Waals surface area contributed by atoms with E-state index in [0.29, 0.717) is 16.4 Å². The molecule has 6 heteroatoms. The molecule has 21 heavy (non-hydrogen) atoms. The molecule has 5 nitrogen and oxygen atoms in total.